The molecule has 4 aliphatic carbocycles. The number of nitrogens with zero attached hydrogens (tertiary/aromatic N) is 2. The fourth-order valence-corrected chi connectivity index (χ4v) is 7.61. The van der Waals surface area contributed by atoms with Crippen LogP contribution in [-0.2, 0) is 4.79 Å². The third-order valence-corrected chi connectivity index (χ3v) is 8.85. The molecular formula is C23H27N3O2S2. The standard InChI is InChI=1S/C23H27N3O2S2/c1-26(22-24-6-7-29-22)21(28)18-4-2-3-5-19(18)30-14-20(27)25-23-11-15-8-16(12-23)10-17(9-15)13-23/h2-7,15-17H,8-14H2,1H3,(H,25,27). The van der Waals surface area contributed by atoms with Gasteiger partial charge in [-0.3, -0.25) is 14.5 Å². The molecule has 2 amide bonds. The van der Waals surface area contributed by atoms with Crippen LogP contribution in [0.25, 0.3) is 0 Å². The van der Waals surface area contributed by atoms with Gasteiger partial charge < -0.3 is 5.32 Å². The number of hydrogen-bond donors (Lipinski definition) is 1. The summed E-state index contributed by atoms with van der Waals surface area (Å²) in [6, 6.07) is 7.53. The van der Waals surface area contributed by atoms with Gasteiger partial charge >= 0.3 is 0 Å². The van der Waals surface area contributed by atoms with Crippen LogP contribution >= 0.6 is 23.1 Å². The van der Waals surface area contributed by atoms with Gasteiger partial charge in [0.05, 0.1) is 11.3 Å². The lowest BCUT2D eigenvalue weighted by atomic mass is 9.53. The number of aromatic nitrogens is 1. The van der Waals surface area contributed by atoms with E-state index in [4.69, 9.17) is 0 Å². The number of carbonyl (C=O) groups is 2. The van der Waals surface area contributed by atoms with E-state index in [1.54, 1.807) is 18.1 Å². The molecule has 0 atom stereocenters. The lowest BCUT2D eigenvalue weighted by Gasteiger charge is -2.56. The van der Waals surface area contributed by atoms with E-state index in [9.17, 15) is 9.59 Å². The van der Waals surface area contributed by atoms with Gasteiger partial charge in [-0.15, -0.1) is 23.1 Å². The number of thioether (sulfide) groups is 1. The summed E-state index contributed by atoms with van der Waals surface area (Å²) in [7, 11) is 1.74. The molecule has 4 bridgehead atoms. The first kappa shape index (κ1) is 20.1. The Balaban J connectivity index is 1.24. The molecule has 4 aliphatic rings. The molecule has 4 fully saturated rings. The van der Waals surface area contributed by atoms with Gasteiger partial charge in [-0.05, 0) is 68.4 Å². The van der Waals surface area contributed by atoms with Crippen molar-refractivity contribution in [1.82, 2.24) is 10.3 Å². The molecule has 7 heteroatoms. The molecule has 0 aliphatic heterocycles. The Hall–Kier alpha value is -1.86. The highest BCUT2D eigenvalue weighted by molar-refractivity contribution is 8.00. The van der Waals surface area contributed by atoms with Crippen LogP contribution < -0.4 is 10.2 Å². The third kappa shape index (κ3) is 3.89. The molecule has 0 spiro atoms. The average Bonchev–Trinajstić information content (AvgIpc) is 3.25. The summed E-state index contributed by atoms with van der Waals surface area (Å²) in [5.41, 5.74) is 0.648. The Morgan fingerprint density at radius 3 is 2.47 bits per heavy atom. The van der Waals surface area contributed by atoms with Crippen LogP contribution in [0.3, 0.4) is 0 Å². The van der Waals surface area contributed by atoms with Crippen LogP contribution in [0.2, 0.25) is 0 Å². The molecular weight excluding hydrogens is 414 g/mol. The predicted molar refractivity (Wildman–Crippen MR) is 121 cm³/mol. The van der Waals surface area contributed by atoms with Gasteiger partial charge in [0, 0.05) is 29.1 Å². The molecule has 5 nitrogen and oxygen atoms in total. The summed E-state index contributed by atoms with van der Waals surface area (Å²) in [5, 5.41) is 5.95. The Morgan fingerprint density at radius 2 is 1.83 bits per heavy atom. The first-order valence-electron chi connectivity index (χ1n) is 10.7. The topological polar surface area (TPSA) is 62.3 Å². The summed E-state index contributed by atoms with van der Waals surface area (Å²) >= 11 is 2.88. The monoisotopic (exact) mass is 441 g/mol. The Bertz CT molecular complexity index is 908. The minimum Gasteiger partial charge on any atom is -0.350 e. The Labute approximate surface area is 185 Å². The van der Waals surface area contributed by atoms with Crippen molar-refractivity contribution in [2.45, 2.75) is 49.0 Å². The number of amides is 2. The molecule has 30 heavy (non-hydrogen) atoms. The van der Waals surface area contributed by atoms with Gasteiger partial charge in [0.25, 0.3) is 5.91 Å². The fourth-order valence-electron chi connectivity index (χ4n) is 6.16. The van der Waals surface area contributed by atoms with Gasteiger partial charge in [-0.2, -0.15) is 0 Å². The van der Waals surface area contributed by atoms with Gasteiger partial charge in [0.2, 0.25) is 5.91 Å². The number of carbonyl (C=O) groups excluding carboxylic acids is 2. The molecule has 4 saturated carbocycles. The van der Waals surface area contributed by atoms with Gasteiger partial charge in [0.1, 0.15) is 0 Å². The zero-order valence-electron chi connectivity index (χ0n) is 17.2. The quantitative estimate of drug-likeness (QED) is 0.666. The highest BCUT2D eigenvalue weighted by Crippen LogP contribution is 2.55. The second-order valence-electron chi connectivity index (χ2n) is 9.21. The van der Waals surface area contributed by atoms with Crippen molar-refractivity contribution in [1.29, 1.82) is 0 Å². The van der Waals surface area contributed by atoms with Gasteiger partial charge in [0.15, 0.2) is 5.13 Å². The first-order chi connectivity index (χ1) is 14.5. The maximum absolute atomic E-state index is 13.0. The van der Waals surface area contributed by atoms with Crippen LogP contribution in [0.1, 0.15) is 48.9 Å². The lowest BCUT2D eigenvalue weighted by Crippen LogP contribution is -2.60. The van der Waals surface area contributed by atoms with Crippen molar-refractivity contribution in [2.24, 2.45) is 17.8 Å². The summed E-state index contributed by atoms with van der Waals surface area (Å²) < 4.78 is 0. The zero-order chi connectivity index (χ0) is 20.7. The van der Waals surface area contributed by atoms with Gasteiger partial charge in [-0.25, -0.2) is 4.98 Å². The first-order valence-corrected chi connectivity index (χ1v) is 12.6. The van der Waals surface area contributed by atoms with Crippen LogP contribution in [0.15, 0.2) is 40.7 Å². The highest BCUT2D eigenvalue weighted by Gasteiger charge is 2.51. The third-order valence-electron chi connectivity index (χ3n) is 6.93. The lowest BCUT2D eigenvalue weighted by molar-refractivity contribution is -0.124. The molecule has 1 N–H and O–H groups in total. The normalized spacial score (nSPS) is 29.0. The number of rotatable bonds is 6. The molecule has 158 valence electrons. The number of benzene rings is 1. The van der Waals surface area contributed by atoms with E-state index < -0.39 is 0 Å². The molecule has 0 unspecified atom stereocenters. The van der Waals surface area contributed by atoms with E-state index in [0.717, 1.165) is 41.9 Å². The summed E-state index contributed by atoms with van der Waals surface area (Å²) in [6.45, 7) is 0. The van der Waals surface area contributed by atoms with E-state index in [-0.39, 0.29) is 17.4 Å². The van der Waals surface area contributed by atoms with Crippen molar-refractivity contribution < 1.29 is 9.59 Å². The Morgan fingerprint density at radius 1 is 1.17 bits per heavy atom. The maximum atomic E-state index is 13.0. The SMILES string of the molecule is CN(C(=O)c1ccccc1SCC(=O)NC12CC3CC(CC(C3)C1)C2)c1nccs1. The number of thiazole rings is 1. The summed E-state index contributed by atoms with van der Waals surface area (Å²) in [5.74, 6) is 2.76. The number of nitrogens with one attached hydrogen (secondary N) is 1. The van der Waals surface area contributed by atoms with E-state index in [0.29, 0.717) is 16.4 Å². The molecule has 0 radical (unpaired) electrons. The fraction of sp³-hybridized carbons (Fsp3) is 0.522. The maximum Gasteiger partial charge on any atom is 0.260 e. The molecule has 1 aromatic heterocycles. The molecule has 6 rings (SSSR count). The zero-order valence-corrected chi connectivity index (χ0v) is 18.8. The molecule has 1 heterocycles. The molecule has 2 aromatic rings. The van der Waals surface area contributed by atoms with Crippen molar-refractivity contribution in [3.05, 3.63) is 41.4 Å². The van der Waals surface area contributed by atoms with Crippen LogP contribution in [0, 0.1) is 17.8 Å². The van der Waals surface area contributed by atoms with Crippen LogP contribution in [0.5, 0.6) is 0 Å². The van der Waals surface area contributed by atoms with E-state index in [1.165, 1.54) is 42.4 Å². The number of anilines is 1. The average molecular weight is 442 g/mol. The minimum absolute atomic E-state index is 0.0345. The molecule has 0 saturated heterocycles. The van der Waals surface area contributed by atoms with Crippen LogP contribution in [-0.4, -0.2) is 35.1 Å². The van der Waals surface area contributed by atoms with Crippen molar-refractivity contribution in [2.75, 3.05) is 17.7 Å². The van der Waals surface area contributed by atoms with E-state index >= 15 is 0 Å². The predicted octanol–water partition coefficient (Wildman–Crippen LogP) is 4.60. The van der Waals surface area contributed by atoms with Crippen molar-refractivity contribution in [3.8, 4) is 0 Å². The minimum atomic E-state index is -0.102. The number of hydrogen-bond acceptors (Lipinski definition) is 5. The second kappa shape index (κ2) is 8.00. The summed E-state index contributed by atoms with van der Waals surface area (Å²) in [4.78, 5) is 32.5. The smallest absolute Gasteiger partial charge is 0.260 e. The Kier molecular flexibility index (Phi) is 5.35. The van der Waals surface area contributed by atoms with Gasteiger partial charge in [-0.1, -0.05) is 12.1 Å². The second-order valence-corrected chi connectivity index (χ2v) is 11.1. The van der Waals surface area contributed by atoms with Crippen molar-refractivity contribution >= 4 is 40.0 Å². The van der Waals surface area contributed by atoms with Crippen LogP contribution in [0.4, 0.5) is 5.13 Å². The highest BCUT2D eigenvalue weighted by atomic mass is 32.2. The summed E-state index contributed by atoms with van der Waals surface area (Å²) in [6.07, 6.45) is 9.26. The van der Waals surface area contributed by atoms with Crippen molar-refractivity contribution in [3.63, 3.8) is 0 Å². The van der Waals surface area contributed by atoms with E-state index in [2.05, 4.69) is 10.3 Å². The molecule has 1 aromatic carbocycles. The largest absolute Gasteiger partial charge is 0.350 e. The van der Waals surface area contributed by atoms with E-state index in [1.807, 2.05) is 29.6 Å².